The average Bonchev–Trinajstić information content (AvgIpc) is 2.76. The summed E-state index contributed by atoms with van der Waals surface area (Å²) >= 11 is 0. The lowest BCUT2D eigenvalue weighted by molar-refractivity contribution is -0.121. The number of hydrogen-bond donors (Lipinski definition) is 1. The fourth-order valence-electron chi connectivity index (χ4n) is 2.40. The maximum Gasteiger partial charge on any atom is 0.233 e. The molecule has 1 aromatic rings. The average molecular weight is 248 g/mol. The van der Waals surface area contributed by atoms with Gasteiger partial charge in [0.15, 0.2) is 0 Å². The predicted octanol–water partition coefficient (Wildman–Crippen LogP) is 0.629. The van der Waals surface area contributed by atoms with Crippen LogP contribution in [0.3, 0.4) is 0 Å². The molecule has 0 radical (unpaired) electrons. The smallest absolute Gasteiger partial charge is 0.233 e. The summed E-state index contributed by atoms with van der Waals surface area (Å²) in [7, 11) is 1.67. The molecule has 1 aromatic heterocycles. The maximum absolute atomic E-state index is 11.3. The zero-order valence-corrected chi connectivity index (χ0v) is 11.2. The SMILES string of the molecule is CNC(=O)CN1CC[C@@H](c2nc(C)cc(C)n2)C1. The molecule has 98 valence electrons. The molecule has 5 nitrogen and oxygen atoms in total. The fraction of sp³-hybridized carbons (Fsp3) is 0.615. The molecule has 1 aliphatic heterocycles. The molecule has 1 atom stereocenters. The van der Waals surface area contributed by atoms with Crippen molar-refractivity contribution in [3.8, 4) is 0 Å². The Kier molecular flexibility index (Phi) is 3.91. The van der Waals surface area contributed by atoms with Gasteiger partial charge in [-0.1, -0.05) is 0 Å². The van der Waals surface area contributed by atoms with Gasteiger partial charge in [-0.05, 0) is 32.9 Å². The molecule has 5 heteroatoms. The van der Waals surface area contributed by atoms with E-state index in [0.29, 0.717) is 12.5 Å². The maximum atomic E-state index is 11.3. The molecular formula is C13H20N4O. The highest BCUT2D eigenvalue weighted by molar-refractivity contribution is 5.77. The molecule has 1 saturated heterocycles. The first-order valence-corrected chi connectivity index (χ1v) is 6.33. The van der Waals surface area contributed by atoms with Crippen molar-refractivity contribution < 1.29 is 4.79 Å². The first-order valence-electron chi connectivity index (χ1n) is 6.33. The highest BCUT2D eigenvalue weighted by Gasteiger charge is 2.27. The number of likely N-dealkylation sites (tertiary alicyclic amines) is 1. The van der Waals surface area contributed by atoms with Gasteiger partial charge in [-0.2, -0.15) is 0 Å². The molecule has 0 spiro atoms. The molecule has 18 heavy (non-hydrogen) atoms. The number of carbonyl (C=O) groups excluding carboxylic acids is 1. The fourth-order valence-corrected chi connectivity index (χ4v) is 2.40. The Balaban J connectivity index is 2.01. The normalized spacial score (nSPS) is 20.1. The van der Waals surface area contributed by atoms with Crippen LogP contribution in [0.4, 0.5) is 0 Å². The van der Waals surface area contributed by atoms with Crippen molar-refractivity contribution in [1.82, 2.24) is 20.2 Å². The molecule has 0 aromatic carbocycles. The Hall–Kier alpha value is -1.49. The Morgan fingerprint density at radius 2 is 2.11 bits per heavy atom. The minimum atomic E-state index is 0.0667. The van der Waals surface area contributed by atoms with Crippen LogP contribution in [0, 0.1) is 13.8 Å². The van der Waals surface area contributed by atoms with Gasteiger partial charge in [-0.3, -0.25) is 9.69 Å². The van der Waals surface area contributed by atoms with Crippen molar-refractivity contribution in [2.24, 2.45) is 0 Å². The van der Waals surface area contributed by atoms with Crippen molar-refractivity contribution in [1.29, 1.82) is 0 Å². The van der Waals surface area contributed by atoms with Crippen LogP contribution in [0.5, 0.6) is 0 Å². The molecule has 1 aliphatic rings. The number of rotatable bonds is 3. The van der Waals surface area contributed by atoms with Crippen molar-refractivity contribution in [3.63, 3.8) is 0 Å². The van der Waals surface area contributed by atoms with Crippen molar-refractivity contribution in [2.45, 2.75) is 26.2 Å². The van der Waals surface area contributed by atoms with E-state index < -0.39 is 0 Å². The summed E-state index contributed by atoms with van der Waals surface area (Å²) in [5.74, 6) is 1.34. The molecule has 1 fully saturated rings. The zero-order chi connectivity index (χ0) is 13.1. The Bertz CT molecular complexity index is 426. The molecule has 0 bridgehead atoms. The Labute approximate surface area is 108 Å². The quantitative estimate of drug-likeness (QED) is 0.852. The van der Waals surface area contributed by atoms with Crippen LogP contribution in [0.15, 0.2) is 6.07 Å². The van der Waals surface area contributed by atoms with Gasteiger partial charge in [0.1, 0.15) is 5.82 Å². The monoisotopic (exact) mass is 248 g/mol. The number of hydrogen-bond acceptors (Lipinski definition) is 4. The topological polar surface area (TPSA) is 58.1 Å². The van der Waals surface area contributed by atoms with Crippen LogP contribution < -0.4 is 5.32 Å². The van der Waals surface area contributed by atoms with Crippen LogP contribution in [0.25, 0.3) is 0 Å². The van der Waals surface area contributed by atoms with E-state index in [1.165, 1.54) is 0 Å². The number of nitrogens with one attached hydrogen (secondary N) is 1. The highest BCUT2D eigenvalue weighted by atomic mass is 16.1. The summed E-state index contributed by atoms with van der Waals surface area (Å²) in [5, 5.41) is 2.65. The molecule has 1 amide bonds. The molecule has 0 aliphatic carbocycles. The van der Waals surface area contributed by atoms with E-state index >= 15 is 0 Å². The molecule has 2 rings (SSSR count). The molecule has 1 N–H and O–H groups in total. The van der Waals surface area contributed by atoms with E-state index in [0.717, 1.165) is 36.7 Å². The number of likely N-dealkylation sites (N-methyl/N-ethyl adjacent to an activating group) is 1. The number of amides is 1. The van der Waals surface area contributed by atoms with Crippen molar-refractivity contribution >= 4 is 5.91 Å². The Morgan fingerprint density at radius 1 is 1.44 bits per heavy atom. The second-order valence-electron chi connectivity index (χ2n) is 4.90. The van der Waals surface area contributed by atoms with Crippen LogP contribution in [-0.4, -0.2) is 47.5 Å². The minimum Gasteiger partial charge on any atom is -0.358 e. The summed E-state index contributed by atoms with van der Waals surface area (Å²) in [6, 6.07) is 1.99. The summed E-state index contributed by atoms with van der Waals surface area (Å²) in [6.45, 7) is 6.27. The third kappa shape index (κ3) is 3.04. The van der Waals surface area contributed by atoms with Crippen molar-refractivity contribution in [2.75, 3.05) is 26.7 Å². The van der Waals surface area contributed by atoms with E-state index in [1.54, 1.807) is 7.05 Å². The number of nitrogens with zero attached hydrogens (tertiary/aromatic N) is 3. The van der Waals surface area contributed by atoms with Gasteiger partial charge >= 0.3 is 0 Å². The van der Waals surface area contributed by atoms with Gasteiger partial charge in [0.25, 0.3) is 0 Å². The lowest BCUT2D eigenvalue weighted by Gasteiger charge is -2.14. The van der Waals surface area contributed by atoms with Gasteiger partial charge in [0, 0.05) is 30.9 Å². The van der Waals surface area contributed by atoms with E-state index in [-0.39, 0.29) is 5.91 Å². The van der Waals surface area contributed by atoms with Gasteiger partial charge in [0.05, 0.1) is 6.54 Å². The second kappa shape index (κ2) is 5.44. The van der Waals surface area contributed by atoms with E-state index in [9.17, 15) is 4.79 Å². The number of aromatic nitrogens is 2. The van der Waals surface area contributed by atoms with Gasteiger partial charge < -0.3 is 5.32 Å². The summed E-state index contributed by atoms with van der Waals surface area (Å²) in [6.07, 6.45) is 1.03. The Morgan fingerprint density at radius 3 is 2.72 bits per heavy atom. The second-order valence-corrected chi connectivity index (χ2v) is 4.90. The lowest BCUT2D eigenvalue weighted by atomic mass is 10.1. The van der Waals surface area contributed by atoms with Crippen LogP contribution >= 0.6 is 0 Å². The molecular weight excluding hydrogens is 228 g/mol. The van der Waals surface area contributed by atoms with E-state index in [4.69, 9.17) is 0 Å². The van der Waals surface area contributed by atoms with Crippen LogP contribution in [0.1, 0.15) is 29.6 Å². The number of aryl methyl sites for hydroxylation is 2. The molecule has 2 heterocycles. The van der Waals surface area contributed by atoms with Gasteiger partial charge in [0.2, 0.25) is 5.91 Å². The van der Waals surface area contributed by atoms with Crippen LogP contribution in [0.2, 0.25) is 0 Å². The first-order chi connectivity index (χ1) is 8.58. The van der Waals surface area contributed by atoms with Gasteiger partial charge in [-0.25, -0.2) is 9.97 Å². The van der Waals surface area contributed by atoms with Crippen LogP contribution in [-0.2, 0) is 4.79 Å². The lowest BCUT2D eigenvalue weighted by Crippen LogP contribution is -2.34. The predicted molar refractivity (Wildman–Crippen MR) is 69.4 cm³/mol. The van der Waals surface area contributed by atoms with Gasteiger partial charge in [-0.15, -0.1) is 0 Å². The highest BCUT2D eigenvalue weighted by Crippen LogP contribution is 2.24. The largest absolute Gasteiger partial charge is 0.358 e. The third-order valence-corrected chi connectivity index (χ3v) is 3.28. The van der Waals surface area contributed by atoms with Crippen molar-refractivity contribution in [3.05, 3.63) is 23.3 Å². The van der Waals surface area contributed by atoms with E-state index in [2.05, 4.69) is 20.2 Å². The summed E-state index contributed by atoms with van der Waals surface area (Å²) < 4.78 is 0. The first kappa shape index (κ1) is 13.0. The third-order valence-electron chi connectivity index (χ3n) is 3.28. The molecule has 0 unspecified atom stereocenters. The summed E-state index contributed by atoms with van der Waals surface area (Å²) in [4.78, 5) is 22.5. The van der Waals surface area contributed by atoms with E-state index in [1.807, 2.05) is 19.9 Å². The minimum absolute atomic E-state index is 0.0667. The summed E-state index contributed by atoms with van der Waals surface area (Å²) in [5.41, 5.74) is 2.03. The standard InChI is InChI=1S/C13H20N4O/c1-9-6-10(2)16-13(15-9)11-4-5-17(7-11)8-12(18)14-3/h6,11H,4-5,7-8H2,1-3H3,(H,14,18)/t11-/m1/s1. The molecule has 0 saturated carbocycles. The number of carbonyl (C=O) groups is 1. The zero-order valence-electron chi connectivity index (χ0n) is 11.2.